The van der Waals surface area contributed by atoms with E-state index in [1.54, 1.807) is 19.1 Å². The number of anilines is 2. The minimum atomic E-state index is -0.615. The molecule has 1 amide bonds. The average Bonchev–Trinajstić information content (AvgIpc) is 2.36. The van der Waals surface area contributed by atoms with E-state index < -0.39 is 11.7 Å². The molecule has 0 aliphatic carbocycles. The molecular formula is C16H18ClN3O2. The smallest absolute Gasteiger partial charge is 0.420 e. The predicted octanol–water partition coefficient (Wildman–Crippen LogP) is 4.51. The molecule has 0 saturated heterocycles. The van der Waals surface area contributed by atoms with Gasteiger partial charge in [-0.1, -0.05) is 29.8 Å². The number of carbonyl (C=O) groups is 1. The second-order valence-electron chi connectivity index (χ2n) is 5.75. The number of hydrogen-bond acceptors (Lipinski definition) is 4. The van der Waals surface area contributed by atoms with Crippen LogP contribution in [0, 0.1) is 6.92 Å². The zero-order valence-corrected chi connectivity index (χ0v) is 13.8. The van der Waals surface area contributed by atoms with Crippen LogP contribution in [-0.2, 0) is 4.74 Å². The number of rotatable bonds is 2. The van der Waals surface area contributed by atoms with Crippen molar-refractivity contribution < 1.29 is 9.53 Å². The summed E-state index contributed by atoms with van der Waals surface area (Å²) in [7, 11) is 0. The zero-order valence-electron chi connectivity index (χ0n) is 13.0. The Kier molecular flexibility index (Phi) is 4.66. The van der Waals surface area contributed by atoms with Crippen molar-refractivity contribution in [1.82, 2.24) is 9.97 Å². The fraction of sp³-hybridized carbons (Fsp3) is 0.312. The molecule has 0 spiro atoms. The Balaban J connectivity index is 2.48. The molecule has 116 valence electrons. The number of benzene rings is 1. The minimum Gasteiger partial charge on any atom is -0.443 e. The molecule has 2 aromatic rings. The molecule has 22 heavy (non-hydrogen) atoms. The third-order valence-corrected chi connectivity index (χ3v) is 2.81. The number of para-hydroxylation sites is 1. The van der Waals surface area contributed by atoms with Crippen LogP contribution in [0.15, 0.2) is 36.4 Å². The fourth-order valence-corrected chi connectivity index (χ4v) is 2.07. The zero-order chi connectivity index (χ0) is 16.3. The molecule has 0 atom stereocenters. The summed E-state index contributed by atoms with van der Waals surface area (Å²) in [6.45, 7) is 7.15. The molecule has 0 unspecified atom stereocenters. The van der Waals surface area contributed by atoms with Gasteiger partial charge in [-0.2, -0.15) is 0 Å². The molecule has 1 heterocycles. The molecule has 1 aromatic carbocycles. The summed E-state index contributed by atoms with van der Waals surface area (Å²) < 4.78 is 5.47. The van der Waals surface area contributed by atoms with Crippen molar-refractivity contribution in [1.29, 1.82) is 0 Å². The lowest BCUT2D eigenvalue weighted by Crippen LogP contribution is -2.34. The highest BCUT2D eigenvalue weighted by atomic mass is 35.5. The molecule has 0 saturated carbocycles. The van der Waals surface area contributed by atoms with Gasteiger partial charge in [0.15, 0.2) is 0 Å². The summed E-state index contributed by atoms with van der Waals surface area (Å²) in [6.07, 6.45) is -0.520. The lowest BCUT2D eigenvalue weighted by molar-refractivity contribution is 0.0598. The molecule has 0 fully saturated rings. The number of amides is 1. The first-order valence-corrected chi connectivity index (χ1v) is 7.23. The Morgan fingerprint density at radius 3 is 2.36 bits per heavy atom. The maximum Gasteiger partial charge on any atom is 0.420 e. The maximum atomic E-state index is 12.6. The summed E-state index contributed by atoms with van der Waals surface area (Å²) in [5, 5.41) is 0.270. The number of nitrogens with zero attached hydrogens (tertiary/aromatic N) is 3. The highest BCUT2D eigenvalue weighted by molar-refractivity contribution is 6.29. The van der Waals surface area contributed by atoms with Crippen molar-refractivity contribution in [3.8, 4) is 0 Å². The SMILES string of the molecule is Cc1nc(Cl)cc(N(C(=O)OC(C)(C)C)c2ccccc2)n1. The van der Waals surface area contributed by atoms with Crippen LogP contribution in [0.2, 0.25) is 5.15 Å². The van der Waals surface area contributed by atoms with Gasteiger partial charge in [-0.25, -0.2) is 19.7 Å². The quantitative estimate of drug-likeness (QED) is 0.764. The lowest BCUT2D eigenvalue weighted by atomic mass is 10.2. The van der Waals surface area contributed by atoms with Gasteiger partial charge in [0.05, 0.1) is 5.69 Å². The number of aromatic nitrogens is 2. The van der Waals surface area contributed by atoms with E-state index in [1.807, 2.05) is 39.0 Å². The summed E-state index contributed by atoms with van der Waals surface area (Å²) in [5.74, 6) is 0.852. The monoisotopic (exact) mass is 319 g/mol. The van der Waals surface area contributed by atoms with Crippen molar-refractivity contribution in [3.05, 3.63) is 47.4 Å². The van der Waals surface area contributed by atoms with Gasteiger partial charge in [-0.15, -0.1) is 0 Å². The van der Waals surface area contributed by atoms with Crippen molar-refractivity contribution >= 4 is 29.2 Å². The third-order valence-electron chi connectivity index (χ3n) is 2.61. The van der Waals surface area contributed by atoms with E-state index in [1.165, 1.54) is 11.0 Å². The molecular weight excluding hydrogens is 302 g/mol. The Morgan fingerprint density at radius 1 is 1.18 bits per heavy atom. The number of halogens is 1. The summed E-state index contributed by atoms with van der Waals surface area (Å²) in [6, 6.07) is 10.7. The van der Waals surface area contributed by atoms with Crippen LogP contribution in [0.1, 0.15) is 26.6 Å². The van der Waals surface area contributed by atoms with Crippen LogP contribution in [0.4, 0.5) is 16.3 Å². The van der Waals surface area contributed by atoms with Gasteiger partial charge in [0.25, 0.3) is 0 Å². The maximum absolute atomic E-state index is 12.6. The van der Waals surface area contributed by atoms with E-state index in [0.29, 0.717) is 17.3 Å². The predicted molar refractivity (Wildman–Crippen MR) is 86.6 cm³/mol. The molecule has 5 nitrogen and oxygen atoms in total. The first kappa shape index (κ1) is 16.2. The molecule has 1 aromatic heterocycles. The van der Waals surface area contributed by atoms with E-state index in [9.17, 15) is 4.79 Å². The minimum absolute atomic E-state index is 0.270. The van der Waals surface area contributed by atoms with Crippen molar-refractivity contribution in [2.24, 2.45) is 0 Å². The summed E-state index contributed by atoms with van der Waals surface area (Å²) in [5.41, 5.74) is 0.0293. The number of carbonyl (C=O) groups excluding carboxylic acids is 1. The number of hydrogen-bond donors (Lipinski definition) is 0. The van der Waals surface area contributed by atoms with E-state index in [4.69, 9.17) is 16.3 Å². The highest BCUT2D eigenvalue weighted by Gasteiger charge is 2.26. The Bertz CT molecular complexity index is 649. The summed E-state index contributed by atoms with van der Waals surface area (Å²) >= 11 is 5.99. The Hall–Kier alpha value is -2.14. The molecule has 0 N–H and O–H groups in total. The van der Waals surface area contributed by atoms with E-state index in [2.05, 4.69) is 9.97 Å². The first-order chi connectivity index (χ1) is 10.3. The molecule has 2 rings (SSSR count). The Morgan fingerprint density at radius 2 is 1.82 bits per heavy atom. The van der Waals surface area contributed by atoms with Crippen LogP contribution >= 0.6 is 11.6 Å². The second-order valence-corrected chi connectivity index (χ2v) is 6.13. The highest BCUT2D eigenvalue weighted by Crippen LogP contribution is 2.27. The van der Waals surface area contributed by atoms with E-state index >= 15 is 0 Å². The number of aryl methyl sites for hydroxylation is 1. The van der Waals surface area contributed by atoms with Gasteiger partial charge in [0.2, 0.25) is 0 Å². The molecule has 0 bridgehead atoms. The second kappa shape index (κ2) is 6.32. The molecule has 6 heteroatoms. The van der Waals surface area contributed by atoms with Gasteiger partial charge < -0.3 is 4.74 Å². The van der Waals surface area contributed by atoms with Crippen LogP contribution in [-0.4, -0.2) is 21.7 Å². The van der Waals surface area contributed by atoms with Crippen LogP contribution in [0.5, 0.6) is 0 Å². The summed E-state index contributed by atoms with van der Waals surface area (Å²) in [4.78, 5) is 22.3. The van der Waals surface area contributed by atoms with Gasteiger partial charge in [-0.05, 0) is 39.8 Å². The standard InChI is InChI=1S/C16H18ClN3O2/c1-11-18-13(17)10-14(19-11)20(12-8-6-5-7-9-12)15(21)22-16(2,3)4/h5-10H,1-4H3. The number of ether oxygens (including phenoxy) is 1. The van der Waals surface area contributed by atoms with Crippen LogP contribution in [0.3, 0.4) is 0 Å². The van der Waals surface area contributed by atoms with Crippen molar-refractivity contribution in [2.45, 2.75) is 33.3 Å². The largest absolute Gasteiger partial charge is 0.443 e. The van der Waals surface area contributed by atoms with Crippen LogP contribution < -0.4 is 4.90 Å². The van der Waals surface area contributed by atoms with Gasteiger partial charge in [-0.3, -0.25) is 0 Å². The van der Waals surface area contributed by atoms with Crippen molar-refractivity contribution in [3.63, 3.8) is 0 Å². The lowest BCUT2D eigenvalue weighted by Gasteiger charge is -2.27. The Labute approximate surface area is 134 Å². The van der Waals surface area contributed by atoms with Crippen molar-refractivity contribution in [2.75, 3.05) is 4.90 Å². The topological polar surface area (TPSA) is 55.3 Å². The van der Waals surface area contributed by atoms with Gasteiger partial charge >= 0.3 is 6.09 Å². The fourth-order valence-electron chi connectivity index (χ4n) is 1.85. The first-order valence-electron chi connectivity index (χ1n) is 6.85. The molecule has 0 aliphatic heterocycles. The normalized spacial score (nSPS) is 11.1. The van der Waals surface area contributed by atoms with E-state index in [-0.39, 0.29) is 5.15 Å². The van der Waals surface area contributed by atoms with Gasteiger partial charge in [0.1, 0.15) is 22.4 Å². The van der Waals surface area contributed by atoms with Crippen LogP contribution in [0.25, 0.3) is 0 Å². The van der Waals surface area contributed by atoms with E-state index in [0.717, 1.165) is 0 Å². The molecule has 0 aliphatic rings. The average molecular weight is 320 g/mol. The molecule has 0 radical (unpaired) electrons. The third kappa shape index (κ3) is 4.18. The van der Waals surface area contributed by atoms with Gasteiger partial charge in [0, 0.05) is 6.07 Å².